The Labute approximate surface area is 224 Å². The quantitative estimate of drug-likeness (QED) is 0.321. The first-order valence-electron chi connectivity index (χ1n) is 11.6. The predicted octanol–water partition coefficient (Wildman–Crippen LogP) is 5.67. The highest BCUT2D eigenvalue weighted by molar-refractivity contribution is 7.92. The molecule has 0 saturated carbocycles. The number of alkyl halides is 3. The summed E-state index contributed by atoms with van der Waals surface area (Å²) in [7, 11) is -4.41. The summed E-state index contributed by atoms with van der Waals surface area (Å²) in [5.74, 6) is 0.280. The molecule has 0 spiro atoms. The van der Waals surface area contributed by atoms with Crippen LogP contribution in [0.2, 0.25) is 5.02 Å². The third-order valence-corrected chi connectivity index (χ3v) is 7.38. The molecule has 0 unspecified atom stereocenters. The fourth-order valence-corrected chi connectivity index (χ4v) is 5.17. The average molecular weight is 571 g/mol. The summed E-state index contributed by atoms with van der Waals surface area (Å²) in [4.78, 5) is 12.7. The number of hydrogen-bond acceptors (Lipinski definition) is 5. The normalized spacial score (nSPS) is 11.6. The molecule has 0 aromatic heterocycles. The Kier molecular flexibility index (Phi) is 9.50. The van der Waals surface area contributed by atoms with E-state index in [0.29, 0.717) is 40.6 Å². The number of amides is 1. The second kappa shape index (κ2) is 12.4. The number of nitrogens with zero attached hydrogens (tertiary/aromatic N) is 1. The average Bonchev–Trinajstić information content (AvgIpc) is 2.88. The summed E-state index contributed by atoms with van der Waals surface area (Å²) in [5, 5.41) is 2.02. The molecule has 0 aliphatic rings. The van der Waals surface area contributed by atoms with Gasteiger partial charge in [0.25, 0.3) is 10.0 Å². The van der Waals surface area contributed by atoms with Gasteiger partial charge in [0.1, 0.15) is 6.54 Å². The number of carbonyl (C=O) groups excluding carboxylic acids is 1. The van der Waals surface area contributed by atoms with E-state index in [1.54, 1.807) is 24.3 Å². The molecule has 0 heterocycles. The van der Waals surface area contributed by atoms with Crippen molar-refractivity contribution in [1.82, 2.24) is 5.32 Å². The molecule has 0 radical (unpaired) electrons. The van der Waals surface area contributed by atoms with Gasteiger partial charge in [-0.3, -0.25) is 9.10 Å². The maximum Gasteiger partial charge on any atom is 0.417 e. The van der Waals surface area contributed by atoms with E-state index in [1.807, 2.05) is 13.8 Å². The molecule has 0 saturated heterocycles. The van der Waals surface area contributed by atoms with Crippen LogP contribution in [-0.2, 0) is 27.5 Å². The highest BCUT2D eigenvalue weighted by atomic mass is 35.5. The van der Waals surface area contributed by atoms with Crippen molar-refractivity contribution in [3.05, 3.63) is 82.9 Å². The lowest BCUT2D eigenvalue weighted by Crippen LogP contribution is -2.40. The molecule has 3 rings (SSSR count). The van der Waals surface area contributed by atoms with E-state index < -0.39 is 39.2 Å². The SMILES string of the molecule is CCOc1ccc(CNC(=O)CN(c2ccc(Cl)c(C(F)(F)F)c2)S(=O)(=O)c2ccccc2)cc1OCC. The molecular weight excluding hydrogens is 545 g/mol. The van der Waals surface area contributed by atoms with Gasteiger partial charge in [-0.2, -0.15) is 13.2 Å². The molecule has 0 fully saturated rings. The van der Waals surface area contributed by atoms with Crippen LogP contribution in [0.4, 0.5) is 18.9 Å². The first kappa shape index (κ1) is 29.1. The van der Waals surface area contributed by atoms with Crippen LogP contribution in [0.5, 0.6) is 11.5 Å². The molecular formula is C26H26ClF3N2O5S. The Morgan fingerprint density at radius 2 is 1.61 bits per heavy atom. The van der Waals surface area contributed by atoms with Crippen molar-refractivity contribution in [3.63, 3.8) is 0 Å². The van der Waals surface area contributed by atoms with Crippen molar-refractivity contribution in [1.29, 1.82) is 0 Å². The maximum atomic E-state index is 13.5. The Bertz CT molecular complexity index is 1370. The zero-order chi connectivity index (χ0) is 27.9. The number of sulfonamides is 1. The number of carbonyl (C=O) groups is 1. The number of hydrogen-bond donors (Lipinski definition) is 1. The highest BCUT2D eigenvalue weighted by Crippen LogP contribution is 2.38. The van der Waals surface area contributed by atoms with Gasteiger partial charge >= 0.3 is 6.18 Å². The summed E-state index contributed by atoms with van der Waals surface area (Å²) in [6.07, 6.45) is -4.83. The van der Waals surface area contributed by atoms with Crippen molar-refractivity contribution in [2.24, 2.45) is 0 Å². The number of ether oxygens (including phenoxy) is 2. The van der Waals surface area contributed by atoms with Gasteiger partial charge in [0.05, 0.1) is 34.4 Å². The first-order valence-corrected chi connectivity index (χ1v) is 13.4. The summed E-state index contributed by atoms with van der Waals surface area (Å²) in [5.41, 5.74) is -0.933. The fraction of sp³-hybridized carbons (Fsp3) is 0.269. The molecule has 1 N–H and O–H groups in total. The molecule has 3 aromatic rings. The number of anilines is 1. The predicted molar refractivity (Wildman–Crippen MR) is 138 cm³/mol. The highest BCUT2D eigenvalue weighted by Gasteiger charge is 2.35. The van der Waals surface area contributed by atoms with Gasteiger partial charge in [0.15, 0.2) is 11.5 Å². The van der Waals surface area contributed by atoms with Gasteiger partial charge in [-0.1, -0.05) is 35.9 Å². The largest absolute Gasteiger partial charge is 0.490 e. The van der Waals surface area contributed by atoms with Crippen LogP contribution in [-0.4, -0.2) is 34.1 Å². The number of benzene rings is 3. The van der Waals surface area contributed by atoms with E-state index in [-0.39, 0.29) is 17.1 Å². The smallest absolute Gasteiger partial charge is 0.417 e. The van der Waals surface area contributed by atoms with E-state index in [4.69, 9.17) is 21.1 Å². The van der Waals surface area contributed by atoms with Gasteiger partial charge < -0.3 is 14.8 Å². The van der Waals surface area contributed by atoms with E-state index in [2.05, 4.69) is 5.32 Å². The zero-order valence-electron chi connectivity index (χ0n) is 20.6. The monoisotopic (exact) mass is 570 g/mol. The lowest BCUT2D eigenvalue weighted by molar-refractivity contribution is -0.137. The van der Waals surface area contributed by atoms with E-state index >= 15 is 0 Å². The van der Waals surface area contributed by atoms with E-state index in [9.17, 15) is 26.4 Å². The van der Waals surface area contributed by atoms with Crippen LogP contribution in [0.1, 0.15) is 25.0 Å². The third kappa shape index (κ3) is 7.11. The number of rotatable bonds is 11. The lowest BCUT2D eigenvalue weighted by Gasteiger charge is -2.25. The Morgan fingerprint density at radius 3 is 2.24 bits per heavy atom. The Hall–Kier alpha value is -3.44. The van der Waals surface area contributed by atoms with Crippen molar-refractivity contribution < 1.29 is 35.9 Å². The van der Waals surface area contributed by atoms with E-state index in [0.717, 1.165) is 12.1 Å². The zero-order valence-corrected chi connectivity index (χ0v) is 22.2. The van der Waals surface area contributed by atoms with Crippen molar-refractivity contribution >= 4 is 33.2 Å². The van der Waals surface area contributed by atoms with Crippen molar-refractivity contribution in [2.75, 3.05) is 24.1 Å². The van der Waals surface area contributed by atoms with E-state index in [1.165, 1.54) is 24.3 Å². The van der Waals surface area contributed by atoms with Crippen LogP contribution in [0.15, 0.2) is 71.6 Å². The minimum Gasteiger partial charge on any atom is -0.490 e. The molecule has 7 nitrogen and oxygen atoms in total. The second-order valence-electron chi connectivity index (χ2n) is 7.91. The molecule has 1 amide bonds. The molecule has 0 aliphatic carbocycles. The van der Waals surface area contributed by atoms with Crippen LogP contribution in [0, 0.1) is 0 Å². The third-order valence-electron chi connectivity index (χ3n) is 5.26. The standard InChI is InChI=1S/C26H26ClF3N2O5S/c1-3-36-23-13-10-18(14-24(23)37-4-2)16-31-25(33)17-32(38(34,35)20-8-6-5-7-9-20)19-11-12-22(27)21(15-19)26(28,29)30/h5-15H,3-4,16-17H2,1-2H3,(H,31,33). The Morgan fingerprint density at radius 1 is 0.947 bits per heavy atom. The molecule has 0 bridgehead atoms. The molecule has 38 heavy (non-hydrogen) atoms. The number of nitrogens with one attached hydrogen (secondary N) is 1. The van der Waals surface area contributed by atoms with Gasteiger partial charge in [-0.05, 0) is 61.9 Å². The van der Waals surface area contributed by atoms with Crippen LogP contribution in [0.3, 0.4) is 0 Å². The minimum atomic E-state index is -4.83. The summed E-state index contributed by atoms with van der Waals surface area (Å²) in [6.45, 7) is 3.71. The topological polar surface area (TPSA) is 84.9 Å². The first-order chi connectivity index (χ1) is 18.0. The van der Waals surface area contributed by atoms with Gasteiger partial charge in [0, 0.05) is 6.54 Å². The summed E-state index contributed by atoms with van der Waals surface area (Å²) in [6, 6.07) is 14.9. The van der Waals surface area contributed by atoms with Gasteiger partial charge in [0.2, 0.25) is 5.91 Å². The Balaban J connectivity index is 1.89. The molecule has 204 valence electrons. The summed E-state index contributed by atoms with van der Waals surface area (Å²) < 4.78 is 79.0. The van der Waals surface area contributed by atoms with Gasteiger partial charge in [-0.25, -0.2) is 8.42 Å². The molecule has 0 aliphatic heterocycles. The maximum absolute atomic E-state index is 13.5. The fourth-order valence-electron chi connectivity index (χ4n) is 3.51. The van der Waals surface area contributed by atoms with Gasteiger partial charge in [-0.15, -0.1) is 0 Å². The van der Waals surface area contributed by atoms with Crippen LogP contribution < -0.4 is 19.1 Å². The van der Waals surface area contributed by atoms with Crippen LogP contribution >= 0.6 is 11.6 Å². The van der Waals surface area contributed by atoms with Crippen molar-refractivity contribution in [3.8, 4) is 11.5 Å². The van der Waals surface area contributed by atoms with Crippen molar-refractivity contribution in [2.45, 2.75) is 31.5 Å². The molecule has 0 atom stereocenters. The number of halogens is 4. The molecule has 3 aromatic carbocycles. The van der Waals surface area contributed by atoms with Crippen LogP contribution in [0.25, 0.3) is 0 Å². The molecule has 12 heteroatoms. The second-order valence-corrected chi connectivity index (χ2v) is 10.2. The summed E-state index contributed by atoms with van der Waals surface area (Å²) >= 11 is 5.72. The lowest BCUT2D eigenvalue weighted by atomic mass is 10.2. The minimum absolute atomic E-state index is 0.0129.